The summed E-state index contributed by atoms with van der Waals surface area (Å²) in [4.78, 5) is 104. The quantitative estimate of drug-likeness (QED) is 0.0481. The van der Waals surface area contributed by atoms with Gasteiger partial charge in [0, 0.05) is 66.9 Å². The highest BCUT2D eigenvalue weighted by molar-refractivity contribution is 7.52. The summed E-state index contributed by atoms with van der Waals surface area (Å²) in [5, 5.41) is 5.34. The summed E-state index contributed by atoms with van der Waals surface area (Å²) in [5.41, 5.74) is -3.32. The lowest BCUT2D eigenvalue weighted by Gasteiger charge is -2.38. The van der Waals surface area contributed by atoms with E-state index in [1.807, 2.05) is 36.4 Å². The largest absolute Gasteiger partial charge is 0.399 e. The SMILES string of the molecule is CC(C)(C)[C@H](NC(=O)c1cc2cc(C(F)(F)P(=O)(O)O)ccc2s1)C(=O)N1C[C@@H](OCCCCCC#Cc2cccc3c2CN([C@@H]2CCC(=O)NC2=O)C3=O)C[C@H]1C(=O)N1CCO[C@H](c2ccccc2)C1. The van der Waals surface area contributed by atoms with Crippen LogP contribution in [0.25, 0.3) is 10.1 Å². The number of amides is 6. The second-order valence-electron chi connectivity index (χ2n) is 19.4. The zero-order valence-electron chi connectivity index (χ0n) is 39.5. The first-order chi connectivity index (χ1) is 33.7. The molecule has 1 aromatic heterocycles. The number of carbonyl (C=O) groups is 6. The van der Waals surface area contributed by atoms with Gasteiger partial charge in [-0.05, 0) is 71.5 Å². The highest BCUT2D eigenvalue weighted by atomic mass is 32.1. The number of rotatable bonds is 14. The molecule has 0 unspecified atom stereocenters. The van der Waals surface area contributed by atoms with Gasteiger partial charge < -0.3 is 39.3 Å². The highest BCUT2D eigenvalue weighted by Crippen LogP contribution is 2.59. The van der Waals surface area contributed by atoms with Crippen molar-refractivity contribution in [2.24, 2.45) is 5.41 Å². The third-order valence-electron chi connectivity index (χ3n) is 13.3. The minimum absolute atomic E-state index is 0.0821. The Morgan fingerprint density at radius 1 is 1.00 bits per heavy atom. The molecule has 16 nitrogen and oxygen atoms in total. The zero-order valence-corrected chi connectivity index (χ0v) is 41.2. The van der Waals surface area contributed by atoms with Gasteiger partial charge in [-0.1, -0.05) is 81.5 Å². The highest BCUT2D eigenvalue weighted by Gasteiger charge is 2.51. The van der Waals surface area contributed by atoms with Crippen LogP contribution in [-0.4, -0.2) is 117 Å². The van der Waals surface area contributed by atoms with E-state index in [1.165, 1.54) is 21.9 Å². The first-order valence-corrected chi connectivity index (χ1v) is 26.1. The molecule has 0 radical (unpaired) electrons. The molecule has 8 rings (SSSR count). The van der Waals surface area contributed by atoms with Crippen LogP contribution < -0.4 is 10.6 Å². The van der Waals surface area contributed by atoms with Gasteiger partial charge in [0.25, 0.3) is 11.8 Å². The van der Waals surface area contributed by atoms with E-state index in [2.05, 4.69) is 22.5 Å². The molecule has 4 aromatic rings. The fraction of sp³-hybridized carbons (Fsp3) is 0.451. The molecular formula is C51H56F2N5O11PS. The van der Waals surface area contributed by atoms with E-state index in [0.717, 1.165) is 47.4 Å². The zero-order chi connectivity index (χ0) is 50.8. The van der Waals surface area contributed by atoms with Crippen molar-refractivity contribution < 1.29 is 61.4 Å². The Hall–Kier alpha value is -5.87. The summed E-state index contributed by atoms with van der Waals surface area (Å²) in [6.45, 7) is 6.88. The number of nitrogens with zero attached hydrogens (tertiary/aromatic N) is 3. The number of nitrogens with one attached hydrogen (secondary N) is 2. The molecule has 5 atom stereocenters. The summed E-state index contributed by atoms with van der Waals surface area (Å²) in [6.07, 6.45) is 2.59. The number of ether oxygens (including phenoxy) is 2. The number of thiophene rings is 1. The number of unbranched alkanes of at least 4 members (excludes halogenated alkanes) is 3. The molecule has 71 heavy (non-hydrogen) atoms. The van der Waals surface area contributed by atoms with Crippen LogP contribution in [0.2, 0.25) is 0 Å². The molecular weight excluding hydrogens is 960 g/mol. The normalized spacial score (nSPS) is 21.2. The van der Waals surface area contributed by atoms with E-state index >= 15 is 0 Å². The third kappa shape index (κ3) is 11.3. The molecule has 0 aliphatic carbocycles. The van der Waals surface area contributed by atoms with Crippen LogP contribution in [0, 0.1) is 17.3 Å². The third-order valence-corrected chi connectivity index (χ3v) is 15.4. The Kier molecular flexibility index (Phi) is 15.3. The average Bonchev–Trinajstić information content (AvgIpc) is 4.06. The van der Waals surface area contributed by atoms with E-state index in [4.69, 9.17) is 9.47 Å². The molecule has 3 aromatic carbocycles. The van der Waals surface area contributed by atoms with Crippen LogP contribution in [-0.2, 0) is 45.4 Å². The van der Waals surface area contributed by atoms with E-state index in [9.17, 15) is 51.9 Å². The molecule has 3 saturated heterocycles. The maximum atomic E-state index is 14.8. The molecule has 3 fully saturated rings. The maximum absolute atomic E-state index is 14.8. The second kappa shape index (κ2) is 21.1. The summed E-state index contributed by atoms with van der Waals surface area (Å²) in [6, 6.07) is 16.5. The molecule has 6 amide bonds. The minimum atomic E-state index is -5.84. The summed E-state index contributed by atoms with van der Waals surface area (Å²) >= 11 is 0.969. The van der Waals surface area contributed by atoms with Crippen molar-refractivity contribution in [2.45, 2.75) is 108 Å². The van der Waals surface area contributed by atoms with E-state index in [1.54, 1.807) is 37.8 Å². The predicted molar refractivity (Wildman–Crippen MR) is 258 cm³/mol. The van der Waals surface area contributed by atoms with Crippen molar-refractivity contribution in [3.63, 3.8) is 0 Å². The number of hydrogen-bond acceptors (Lipinski definition) is 10. The van der Waals surface area contributed by atoms with Gasteiger partial charge in [0.05, 0.1) is 24.1 Å². The number of benzene rings is 3. The smallest absolute Gasteiger partial charge is 0.376 e. The minimum Gasteiger partial charge on any atom is -0.376 e. The summed E-state index contributed by atoms with van der Waals surface area (Å²) in [7, 11) is -5.84. The predicted octanol–water partition coefficient (Wildman–Crippen LogP) is 6.23. The fourth-order valence-electron chi connectivity index (χ4n) is 9.46. The molecule has 0 spiro atoms. The van der Waals surface area contributed by atoms with Gasteiger partial charge >= 0.3 is 13.3 Å². The standard InChI is InChI=1S/C51H56F2N5O11PS/c1-50(2,3)44(55-46(61)42-26-33-25-34(18-20-41(33)71-42)51(52,53)70(65,66)67)49(64)57-28-35(27-39(57)48(63)56-22-24-69-40(30-56)32-14-9-7-10-15-32)68-23-11-6-4-5-8-13-31-16-12-17-36-37(31)29-58(47(36)62)38-19-21-43(59)54-45(38)60/h7,9-10,12,14-18,20,25-26,35,38-40,44H,4-6,11,19,21-24,27-30H2,1-3H3,(H,55,61)(H,54,59,60)(H2,65,66,67)/t35-,38+,39-,40-,44+/m0/s1. The fourth-order valence-corrected chi connectivity index (χ4v) is 10.9. The maximum Gasteiger partial charge on any atom is 0.399 e. The lowest BCUT2D eigenvalue weighted by molar-refractivity contribution is -0.150. The molecule has 0 bridgehead atoms. The van der Waals surface area contributed by atoms with Crippen molar-refractivity contribution in [1.82, 2.24) is 25.3 Å². The Balaban J connectivity index is 0.912. The number of alkyl halides is 2. The number of likely N-dealkylation sites (tertiary alicyclic amines) is 1. The first kappa shape index (κ1) is 51.5. The number of imide groups is 1. The average molecular weight is 1020 g/mol. The van der Waals surface area contributed by atoms with Gasteiger partial charge in [-0.15, -0.1) is 11.3 Å². The van der Waals surface area contributed by atoms with Gasteiger partial charge in [-0.25, -0.2) is 0 Å². The van der Waals surface area contributed by atoms with Crippen LogP contribution in [0.15, 0.2) is 72.8 Å². The van der Waals surface area contributed by atoms with Gasteiger partial charge in [0.1, 0.15) is 24.2 Å². The Morgan fingerprint density at radius 3 is 2.51 bits per heavy atom. The van der Waals surface area contributed by atoms with Gasteiger partial charge in [0.15, 0.2) is 0 Å². The van der Waals surface area contributed by atoms with Crippen LogP contribution >= 0.6 is 18.9 Å². The van der Waals surface area contributed by atoms with Crippen LogP contribution in [0.5, 0.6) is 0 Å². The molecule has 4 aliphatic rings. The van der Waals surface area contributed by atoms with Crippen molar-refractivity contribution >= 4 is 64.5 Å². The Morgan fingerprint density at radius 2 is 1.77 bits per heavy atom. The number of morpholine rings is 1. The number of hydrogen-bond donors (Lipinski definition) is 4. The molecule has 4 N–H and O–H groups in total. The van der Waals surface area contributed by atoms with Gasteiger partial charge in [-0.2, -0.15) is 8.78 Å². The van der Waals surface area contributed by atoms with E-state index in [0.29, 0.717) is 48.4 Å². The number of carbonyl (C=O) groups excluding carboxylic acids is 6. The monoisotopic (exact) mass is 1020 g/mol. The van der Waals surface area contributed by atoms with E-state index < -0.39 is 66.2 Å². The molecule has 20 heteroatoms. The van der Waals surface area contributed by atoms with Crippen LogP contribution in [0.3, 0.4) is 0 Å². The van der Waals surface area contributed by atoms with Crippen molar-refractivity contribution in [3.8, 4) is 11.8 Å². The number of piperidine rings is 1. The topological polar surface area (TPSA) is 212 Å². The van der Waals surface area contributed by atoms with E-state index in [-0.39, 0.29) is 73.0 Å². The Bertz CT molecular complexity index is 2840. The number of halogens is 2. The second-order valence-corrected chi connectivity index (χ2v) is 22.1. The summed E-state index contributed by atoms with van der Waals surface area (Å²) in [5.74, 6) is 3.91. The van der Waals surface area contributed by atoms with Crippen molar-refractivity contribution in [3.05, 3.63) is 105 Å². The van der Waals surface area contributed by atoms with Crippen molar-refractivity contribution in [1.29, 1.82) is 0 Å². The lowest BCUT2D eigenvalue weighted by atomic mass is 9.85. The van der Waals surface area contributed by atoms with Gasteiger partial charge in [-0.3, -0.25) is 38.6 Å². The van der Waals surface area contributed by atoms with Crippen molar-refractivity contribution in [2.75, 3.05) is 32.8 Å². The molecule has 0 saturated carbocycles. The molecule has 4 aliphatic heterocycles. The molecule has 5 heterocycles. The van der Waals surface area contributed by atoms with Crippen LogP contribution in [0.1, 0.15) is 114 Å². The lowest BCUT2D eigenvalue weighted by Crippen LogP contribution is -2.58. The Labute approximate surface area is 413 Å². The van der Waals surface area contributed by atoms with Crippen LogP contribution in [0.4, 0.5) is 8.78 Å². The van der Waals surface area contributed by atoms with Gasteiger partial charge in [0.2, 0.25) is 23.6 Å². The number of fused-ring (bicyclic) bond motifs is 2. The summed E-state index contributed by atoms with van der Waals surface area (Å²) < 4.78 is 53.5. The molecule has 376 valence electrons. The first-order valence-electron chi connectivity index (χ1n) is 23.6.